The Morgan fingerprint density at radius 1 is 1.00 bits per heavy atom. The Kier molecular flexibility index (Phi) is 11.9. The highest BCUT2D eigenvalue weighted by atomic mass is 32.2. The quantitative estimate of drug-likeness (QED) is 0.235. The summed E-state index contributed by atoms with van der Waals surface area (Å²) in [4.78, 5) is 38.0. The van der Waals surface area contributed by atoms with Gasteiger partial charge < -0.3 is 14.4 Å². The van der Waals surface area contributed by atoms with Crippen molar-refractivity contribution >= 4 is 29.8 Å². The Bertz CT molecular complexity index is 1350. The first kappa shape index (κ1) is 35.4. The van der Waals surface area contributed by atoms with Crippen LogP contribution in [0.25, 0.3) is 0 Å². The lowest BCUT2D eigenvalue weighted by atomic mass is 9.88. The lowest BCUT2D eigenvalue weighted by Gasteiger charge is -2.45. The van der Waals surface area contributed by atoms with Gasteiger partial charge in [-0.2, -0.15) is 13.2 Å². The molecule has 0 bridgehead atoms. The summed E-state index contributed by atoms with van der Waals surface area (Å²) in [6.07, 6.45) is 9.53. The lowest BCUT2D eigenvalue weighted by molar-refractivity contribution is -0.138. The molecule has 1 spiro atoms. The minimum Gasteiger partial charge on any atom is -0.484 e. The summed E-state index contributed by atoms with van der Waals surface area (Å²) < 4.78 is 50.2. The van der Waals surface area contributed by atoms with E-state index in [1.165, 1.54) is 23.9 Å². The van der Waals surface area contributed by atoms with Gasteiger partial charge in [-0.15, -0.1) is 11.8 Å². The Balaban J connectivity index is 0.000000520. The third-order valence-electron chi connectivity index (χ3n) is 7.50. The van der Waals surface area contributed by atoms with Crippen LogP contribution < -0.4 is 0 Å². The van der Waals surface area contributed by atoms with E-state index in [1.54, 1.807) is 12.2 Å². The Morgan fingerprint density at radius 3 is 2.27 bits per heavy atom. The number of ether oxygens (including phenoxy) is 2. The predicted octanol–water partition coefficient (Wildman–Crippen LogP) is 7.51. The Morgan fingerprint density at radius 2 is 1.68 bits per heavy atom. The van der Waals surface area contributed by atoms with Crippen molar-refractivity contribution in [1.29, 1.82) is 0 Å². The van der Waals surface area contributed by atoms with E-state index in [9.17, 15) is 27.6 Å². The number of alkyl halides is 3. The second-order valence-corrected chi connectivity index (χ2v) is 12.9. The maximum absolute atomic E-state index is 13.0. The number of ketones is 2. The van der Waals surface area contributed by atoms with Crippen molar-refractivity contribution in [2.45, 2.75) is 84.1 Å². The van der Waals surface area contributed by atoms with Crippen molar-refractivity contribution in [3.63, 3.8) is 0 Å². The van der Waals surface area contributed by atoms with Crippen LogP contribution in [-0.2, 0) is 23.9 Å². The van der Waals surface area contributed by atoms with Gasteiger partial charge in [0.05, 0.1) is 5.57 Å². The number of allylic oxidation sites excluding steroid dienone is 12. The molecule has 0 radical (unpaired) electrons. The second kappa shape index (κ2) is 14.8. The van der Waals surface area contributed by atoms with Crippen LogP contribution >= 0.6 is 11.8 Å². The van der Waals surface area contributed by atoms with E-state index in [0.717, 1.165) is 43.2 Å². The van der Waals surface area contributed by atoms with Crippen LogP contribution in [0.15, 0.2) is 81.1 Å². The van der Waals surface area contributed by atoms with Crippen molar-refractivity contribution in [3.05, 3.63) is 81.1 Å². The highest BCUT2D eigenvalue weighted by molar-refractivity contribution is 8.04. The van der Waals surface area contributed by atoms with E-state index in [4.69, 9.17) is 4.74 Å². The molecule has 0 N–H and O–H groups in total. The highest BCUT2D eigenvalue weighted by Gasteiger charge is 2.46. The molecule has 6 nitrogen and oxygen atoms in total. The molecule has 0 amide bonds. The Labute approximate surface area is 262 Å². The number of Topliss-reactive ketones (excluding diaryl/α,β-unsaturated/α-hetero) is 2. The molecule has 0 atom stereocenters. The van der Waals surface area contributed by atoms with Gasteiger partial charge in [-0.25, -0.2) is 0 Å². The number of carbonyl (C=O) groups is 3. The van der Waals surface area contributed by atoms with Crippen LogP contribution in [0.2, 0.25) is 0 Å². The van der Waals surface area contributed by atoms with Crippen LogP contribution in [0, 0.1) is 0 Å². The number of likely N-dealkylation sites (tertiary alicyclic amines) is 1. The first-order chi connectivity index (χ1) is 20.7. The fraction of sp³-hybridized carbons (Fsp3) is 0.500. The number of hydrogen-bond donors (Lipinski definition) is 0. The number of fused-ring (bicyclic) bond motifs is 2. The van der Waals surface area contributed by atoms with Crippen molar-refractivity contribution in [3.8, 4) is 0 Å². The van der Waals surface area contributed by atoms with Gasteiger partial charge in [0, 0.05) is 42.8 Å². The molecule has 5 aliphatic rings. The monoisotopic (exact) mass is 633 g/mol. The molecule has 240 valence electrons. The van der Waals surface area contributed by atoms with Crippen LogP contribution in [0.5, 0.6) is 0 Å². The summed E-state index contributed by atoms with van der Waals surface area (Å²) in [5, 5.41) is 0. The fourth-order valence-corrected chi connectivity index (χ4v) is 6.33. The van der Waals surface area contributed by atoms with Gasteiger partial charge in [0.2, 0.25) is 11.6 Å². The summed E-state index contributed by atoms with van der Waals surface area (Å²) in [5.74, 6) is 0.121. The SMILES string of the molecule is CC.CC(C)(C)OC=O.CN1CCC2(CC1)CSC1=C(O2)C2=CCC(CC3=CCC=C(C(F)(F)F)C=C3)=CC=C2C(=O)C1=O. The number of nitrogens with zero attached hydrogens (tertiary/aromatic N) is 1. The Hall–Kier alpha value is -3.11. The average Bonchev–Trinajstić information content (AvgIpc) is 3.34. The number of piperidine rings is 1. The molecule has 10 heteroatoms. The van der Waals surface area contributed by atoms with E-state index < -0.39 is 23.3 Å². The maximum atomic E-state index is 13.0. The predicted molar refractivity (Wildman–Crippen MR) is 168 cm³/mol. The van der Waals surface area contributed by atoms with E-state index in [2.05, 4.69) is 16.7 Å². The minimum atomic E-state index is -4.37. The average molecular weight is 634 g/mol. The van der Waals surface area contributed by atoms with Gasteiger partial charge in [-0.3, -0.25) is 14.4 Å². The summed E-state index contributed by atoms with van der Waals surface area (Å²) in [5.41, 5.74) is 1.42. The number of hydrogen-bond acceptors (Lipinski definition) is 7. The number of thioether (sulfide) groups is 1. The smallest absolute Gasteiger partial charge is 0.416 e. The molecule has 0 aromatic rings. The van der Waals surface area contributed by atoms with Gasteiger partial charge in [0.25, 0.3) is 6.47 Å². The normalized spacial score (nSPS) is 21.6. The zero-order valence-corrected chi connectivity index (χ0v) is 27.1. The third-order valence-corrected chi connectivity index (χ3v) is 8.83. The van der Waals surface area contributed by atoms with Crippen molar-refractivity contribution < 1.29 is 37.0 Å². The van der Waals surface area contributed by atoms with Crippen LogP contribution in [0.1, 0.15) is 66.7 Å². The van der Waals surface area contributed by atoms with Crippen LogP contribution in [0.3, 0.4) is 0 Å². The highest BCUT2D eigenvalue weighted by Crippen LogP contribution is 2.47. The molecule has 2 heterocycles. The van der Waals surface area contributed by atoms with Crippen LogP contribution in [-0.4, -0.2) is 66.2 Å². The number of halogens is 3. The van der Waals surface area contributed by atoms with E-state index >= 15 is 0 Å². The molecule has 1 fully saturated rings. The first-order valence-corrected chi connectivity index (χ1v) is 15.9. The van der Waals surface area contributed by atoms with Gasteiger partial charge in [0.1, 0.15) is 21.9 Å². The van der Waals surface area contributed by atoms with Gasteiger partial charge >= 0.3 is 6.18 Å². The maximum Gasteiger partial charge on any atom is 0.416 e. The molecule has 0 aromatic heterocycles. The lowest BCUT2D eigenvalue weighted by Crippen LogP contribution is -2.49. The molecule has 3 aliphatic carbocycles. The summed E-state index contributed by atoms with van der Waals surface area (Å²) >= 11 is 1.43. The molecule has 0 saturated carbocycles. The van der Waals surface area contributed by atoms with Gasteiger partial charge in [0.15, 0.2) is 0 Å². The van der Waals surface area contributed by atoms with E-state index in [-0.39, 0.29) is 17.6 Å². The summed E-state index contributed by atoms with van der Waals surface area (Å²) in [7, 11) is 2.08. The molecule has 5 rings (SSSR count). The number of rotatable bonds is 3. The fourth-order valence-electron chi connectivity index (χ4n) is 5.07. The third kappa shape index (κ3) is 8.97. The largest absolute Gasteiger partial charge is 0.484 e. The summed E-state index contributed by atoms with van der Waals surface area (Å²) in [6.45, 7) is 11.7. The van der Waals surface area contributed by atoms with Gasteiger partial charge in [-0.1, -0.05) is 62.0 Å². The molecular weight excluding hydrogens is 591 g/mol. The van der Waals surface area contributed by atoms with Crippen molar-refractivity contribution in [2.24, 2.45) is 0 Å². The molecule has 0 aromatic carbocycles. The summed E-state index contributed by atoms with van der Waals surface area (Å²) in [6, 6.07) is 0. The molecular formula is C34H42F3NO5S. The standard InChI is InChI=1S/C27H26F3NO3S.C5H10O2.C2H6/c1-31-13-11-26(12-14-31)16-35-25-23(33)22(32)20-9-6-18(7-10-21(20)24(25)34-26)15-17-3-2-4-19(8-5-17)27(28,29)30;1-5(2,3)7-4-6;1-2/h3-6,8-10H,2,7,11-16H2,1H3;4H,1-3H3;1-2H3. The number of carbonyl (C=O) groups excluding carboxylic acids is 3. The minimum absolute atomic E-state index is 0.207. The zero-order chi connectivity index (χ0) is 32.7. The van der Waals surface area contributed by atoms with E-state index in [1.807, 2.05) is 46.8 Å². The van der Waals surface area contributed by atoms with Crippen LogP contribution in [0.4, 0.5) is 13.2 Å². The van der Waals surface area contributed by atoms with Crippen molar-refractivity contribution in [1.82, 2.24) is 4.90 Å². The first-order valence-electron chi connectivity index (χ1n) is 14.9. The molecule has 44 heavy (non-hydrogen) atoms. The molecule has 0 unspecified atom stereocenters. The van der Waals surface area contributed by atoms with E-state index in [0.29, 0.717) is 46.9 Å². The second-order valence-electron chi connectivity index (χ2n) is 11.9. The molecule has 2 aliphatic heterocycles. The zero-order valence-electron chi connectivity index (χ0n) is 26.3. The van der Waals surface area contributed by atoms with Gasteiger partial charge in [-0.05, 0) is 52.7 Å². The van der Waals surface area contributed by atoms with Crippen molar-refractivity contribution in [2.75, 3.05) is 25.9 Å². The topological polar surface area (TPSA) is 72.9 Å². The molecule has 1 saturated heterocycles.